The van der Waals surface area contributed by atoms with Crippen LogP contribution in [0, 0.1) is 6.92 Å². The third-order valence-corrected chi connectivity index (χ3v) is 5.38. The van der Waals surface area contributed by atoms with Gasteiger partial charge in [-0.25, -0.2) is 9.78 Å². The molecule has 1 saturated heterocycles. The minimum Gasteiger partial charge on any atom is -0.373 e. The highest BCUT2D eigenvalue weighted by Crippen LogP contribution is 2.15. The van der Waals surface area contributed by atoms with Crippen molar-refractivity contribution in [2.24, 2.45) is 0 Å². The predicted molar refractivity (Wildman–Crippen MR) is 108 cm³/mol. The number of benzene rings is 1. The van der Waals surface area contributed by atoms with Gasteiger partial charge in [0.1, 0.15) is 0 Å². The molecule has 2 N–H and O–H groups in total. The second kappa shape index (κ2) is 9.30. The molecule has 1 aliphatic rings. The lowest BCUT2D eigenvalue weighted by molar-refractivity contribution is -0.0704. The van der Waals surface area contributed by atoms with Crippen LogP contribution in [-0.4, -0.2) is 41.2 Å². The van der Waals surface area contributed by atoms with Crippen LogP contribution in [0.25, 0.3) is 0 Å². The topological polar surface area (TPSA) is 66.5 Å². The molecule has 1 aromatic carbocycles. The first-order valence-corrected chi connectivity index (χ1v) is 10.2. The molecule has 1 aliphatic heterocycles. The van der Waals surface area contributed by atoms with Crippen LogP contribution in [0.1, 0.15) is 34.9 Å². The van der Waals surface area contributed by atoms with Gasteiger partial charge < -0.3 is 15.4 Å². The van der Waals surface area contributed by atoms with E-state index in [0.29, 0.717) is 13.1 Å². The summed E-state index contributed by atoms with van der Waals surface area (Å²) in [7, 11) is 0. The third-order valence-electron chi connectivity index (χ3n) is 4.47. The van der Waals surface area contributed by atoms with Crippen LogP contribution in [-0.2, 0) is 24.4 Å². The molecular weight excluding hydrogens is 360 g/mol. The number of carbonyl (C=O) groups excluding carboxylic acids is 1. The summed E-state index contributed by atoms with van der Waals surface area (Å²) in [6.45, 7) is 10.1. The number of nitrogens with one attached hydrogen (secondary N) is 2. The highest BCUT2D eigenvalue weighted by molar-refractivity contribution is 7.11. The maximum atomic E-state index is 11.9. The average Bonchev–Trinajstić information content (AvgIpc) is 3.04. The SMILES string of the molecule is Cc1ncc(CNC(=O)NCc2ccc(CN3CC(C)OC(C)C3)cc2)s1. The van der Waals surface area contributed by atoms with E-state index in [0.717, 1.165) is 35.1 Å². The third kappa shape index (κ3) is 6.30. The summed E-state index contributed by atoms with van der Waals surface area (Å²) in [6, 6.07) is 8.27. The number of hydrogen-bond donors (Lipinski definition) is 2. The first kappa shape index (κ1) is 19.8. The van der Waals surface area contributed by atoms with Crippen LogP contribution in [0.2, 0.25) is 0 Å². The van der Waals surface area contributed by atoms with E-state index in [1.54, 1.807) is 17.5 Å². The molecule has 2 atom stereocenters. The van der Waals surface area contributed by atoms with Crippen LogP contribution in [0.5, 0.6) is 0 Å². The summed E-state index contributed by atoms with van der Waals surface area (Å²) in [4.78, 5) is 19.6. The molecule has 3 rings (SSSR count). The Labute approximate surface area is 164 Å². The molecule has 6 nitrogen and oxygen atoms in total. The molecule has 2 unspecified atom stereocenters. The second-order valence-corrected chi connectivity index (χ2v) is 8.47. The Hall–Kier alpha value is -1.96. The van der Waals surface area contributed by atoms with Crippen molar-refractivity contribution in [2.75, 3.05) is 13.1 Å². The number of nitrogens with zero attached hydrogens (tertiary/aromatic N) is 2. The fourth-order valence-electron chi connectivity index (χ4n) is 3.33. The number of amides is 2. The molecule has 0 saturated carbocycles. The van der Waals surface area contributed by atoms with Crippen molar-refractivity contribution < 1.29 is 9.53 Å². The molecule has 0 radical (unpaired) electrons. The summed E-state index contributed by atoms with van der Waals surface area (Å²) >= 11 is 1.59. The van der Waals surface area contributed by atoms with E-state index in [-0.39, 0.29) is 18.2 Å². The average molecular weight is 389 g/mol. The lowest BCUT2D eigenvalue weighted by Crippen LogP contribution is -2.44. The Balaban J connectivity index is 1.41. The molecule has 1 fully saturated rings. The van der Waals surface area contributed by atoms with E-state index >= 15 is 0 Å². The molecule has 2 amide bonds. The Morgan fingerprint density at radius 3 is 2.41 bits per heavy atom. The number of hydrogen-bond acceptors (Lipinski definition) is 5. The Morgan fingerprint density at radius 2 is 1.78 bits per heavy atom. The van der Waals surface area contributed by atoms with Crippen LogP contribution >= 0.6 is 11.3 Å². The second-order valence-electron chi connectivity index (χ2n) is 7.15. The summed E-state index contributed by atoms with van der Waals surface area (Å²) in [5.74, 6) is 0. The highest BCUT2D eigenvalue weighted by Gasteiger charge is 2.21. The molecule has 0 aliphatic carbocycles. The Morgan fingerprint density at radius 1 is 1.15 bits per heavy atom. The zero-order chi connectivity index (χ0) is 19.2. The van der Waals surface area contributed by atoms with Gasteiger partial charge >= 0.3 is 6.03 Å². The molecule has 0 bridgehead atoms. The van der Waals surface area contributed by atoms with Gasteiger partial charge in [0.2, 0.25) is 0 Å². The summed E-state index contributed by atoms with van der Waals surface area (Å²) in [5.41, 5.74) is 2.37. The maximum Gasteiger partial charge on any atom is 0.315 e. The predicted octanol–water partition coefficient (Wildman–Crippen LogP) is 3.06. The fraction of sp³-hybridized carbons (Fsp3) is 0.500. The van der Waals surface area contributed by atoms with Gasteiger partial charge in [0.15, 0.2) is 0 Å². The van der Waals surface area contributed by atoms with Crippen LogP contribution in [0.3, 0.4) is 0 Å². The van der Waals surface area contributed by atoms with Crippen molar-refractivity contribution in [2.45, 2.75) is 52.6 Å². The van der Waals surface area contributed by atoms with Crippen LogP contribution in [0.4, 0.5) is 4.79 Å². The minimum atomic E-state index is -0.165. The first-order valence-electron chi connectivity index (χ1n) is 9.36. The molecule has 2 heterocycles. The highest BCUT2D eigenvalue weighted by atomic mass is 32.1. The zero-order valence-corrected chi connectivity index (χ0v) is 17.0. The van der Waals surface area contributed by atoms with Gasteiger partial charge in [0.25, 0.3) is 0 Å². The van der Waals surface area contributed by atoms with Crippen molar-refractivity contribution >= 4 is 17.4 Å². The van der Waals surface area contributed by atoms with E-state index in [9.17, 15) is 4.79 Å². The van der Waals surface area contributed by atoms with Crippen molar-refractivity contribution in [3.05, 3.63) is 51.5 Å². The Kier molecular flexibility index (Phi) is 6.82. The van der Waals surface area contributed by atoms with Gasteiger partial charge in [-0.1, -0.05) is 24.3 Å². The molecule has 1 aromatic heterocycles. The van der Waals surface area contributed by atoms with Crippen molar-refractivity contribution in [1.82, 2.24) is 20.5 Å². The maximum absolute atomic E-state index is 11.9. The van der Waals surface area contributed by atoms with Crippen molar-refractivity contribution in [1.29, 1.82) is 0 Å². The van der Waals surface area contributed by atoms with Gasteiger partial charge in [0.05, 0.1) is 23.8 Å². The number of aromatic nitrogens is 1. The lowest BCUT2D eigenvalue weighted by Gasteiger charge is -2.35. The van der Waals surface area contributed by atoms with E-state index in [1.807, 2.05) is 6.92 Å². The van der Waals surface area contributed by atoms with Gasteiger partial charge in [-0.15, -0.1) is 11.3 Å². The number of rotatable bonds is 6. The number of morpholine rings is 1. The normalized spacial score (nSPS) is 20.4. The summed E-state index contributed by atoms with van der Waals surface area (Å²) in [6.07, 6.45) is 2.36. The minimum absolute atomic E-state index is 0.165. The number of carbonyl (C=O) groups is 1. The smallest absolute Gasteiger partial charge is 0.315 e. The zero-order valence-electron chi connectivity index (χ0n) is 16.2. The standard InChI is InChI=1S/C20H28N4O2S/c1-14-11-24(12-15(2)26-14)13-18-6-4-17(5-7-18)8-22-20(25)23-10-19-9-21-16(3)27-19/h4-7,9,14-15H,8,10-13H2,1-3H3,(H2,22,23,25). The van der Waals surface area contributed by atoms with E-state index < -0.39 is 0 Å². The number of urea groups is 1. The largest absolute Gasteiger partial charge is 0.373 e. The van der Waals surface area contributed by atoms with Crippen molar-refractivity contribution in [3.63, 3.8) is 0 Å². The van der Waals surface area contributed by atoms with E-state index in [4.69, 9.17) is 4.74 Å². The van der Waals surface area contributed by atoms with Crippen LogP contribution in [0.15, 0.2) is 30.5 Å². The van der Waals surface area contributed by atoms with Crippen LogP contribution < -0.4 is 10.6 Å². The molecule has 146 valence electrons. The first-order chi connectivity index (χ1) is 13.0. The van der Waals surface area contributed by atoms with E-state index in [1.165, 1.54) is 5.56 Å². The fourth-order valence-corrected chi connectivity index (χ4v) is 4.07. The molecule has 2 aromatic rings. The van der Waals surface area contributed by atoms with E-state index in [2.05, 4.69) is 58.6 Å². The number of ether oxygens (including phenoxy) is 1. The molecular formula is C20H28N4O2S. The molecule has 7 heteroatoms. The molecule has 27 heavy (non-hydrogen) atoms. The summed E-state index contributed by atoms with van der Waals surface area (Å²) in [5, 5.41) is 6.76. The number of aryl methyl sites for hydroxylation is 1. The quantitative estimate of drug-likeness (QED) is 0.798. The Bertz CT molecular complexity index is 737. The molecule has 0 spiro atoms. The number of thiazole rings is 1. The van der Waals surface area contributed by atoms with Gasteiger partial charge in [-0.2, -0.15) is 0 Å². The van der Waals surface area contributed by atoms with Gasteiger partial charge in [0, 0.05) is 37.3 Å². The lowest BCUT2D eigenvalue weighted by atomic mass is 10.1. The van der Waals surface area contributed by atoms with Gasteiger partial charge in [-0.05, 0) is 31.9 Å². The van der Waals surface area contributed by atoms with Crippen molar-refractivity contribution in [3.8, 4) is 0 Å². The monoisotopic (exact) mass is 388 g/mol. The van der Waals surface area contributed by atoms with Gasteiger partial charge in [-0.3, -0.25) is 4.90 Å². The summed E-state index contributed by atoms with van der Waals surface area (Å²) < 4.78 is 5.79.